The smallest absolute Gasteiger partial charge is 0.253 e. The van der Waals surface area contributed by atoms with Gasteiger partial charge in [0.1, 0.15) is 17.3 Å². The van der Waals surface area contributed by atoms with Gasteiger partial charge in [-0.05, 0) is 24.3 Å². The summed E-state index contributed by atoms with van der Waals surface area (Å²) in [7, 11) is 1.43. The van der Waals surface area contributed by atoms with Crippen LogP contribution in [-0.2, 0) is 0 Å². The molecular weight excluding hydrogens is 249 g/mol. The Hall–Kier alpha value is -2.56. The fourth-order valence-electron chi connectivity index (χ4n) is 1.91. The van der Waals surface area contributed by atoms with Gasteiger partial charge in [-0.2, -0.15) is 0 Å². The van der Waals surface area contributed by atoms with E-state index in [0.717, 1.165) is 0 Å². The van der Waals surface area contributed by atoms with Gasteiger partial charge in [0, 0.05) is 11.1 Å². The quantitative estimate of drug-likeness (QED) is 0.890. The number of benzene rings is 2. The van der Waals surface area contributed by atoms with Gasteiger partial charge in [0.2, 0.25) is 0 Å². The molecule has 2 rings (SSSR count). The molecule has 3 N–H and O–H groups in total. The minimum atomic E-state index is -0.792. The van der Waals surface area contributed by atoms with Crippen LogP contribution >= 0.6 is 0 Å². The van der Waals surface area contributed by atoms with Crippen molar-refractivity contribution in [2.45, 2.75) is 0 Å². The first-order valence-corrected chi connectivity index (χ1v) is 5.50. The summed E-state index contributed by atoms with van der Waals surface area (Å²) in [6, 6.07) is 8.36. The minimum absolute atomic E-state index is 0.0635. The Labute approximate surface area is 109 Å². The van der Waals surface area contributed by atoms with Gasteiger partial charge in [-0.1, -0.05) is 12.1 Å². The predicted molar refractivity (Wildman–Crippen MR) is 68.6 cm³/mol. The zero-order chi connectivity index (χ0) is 14.0. The Morgan fingerprint density at radius 3 is 2.63 bits per heavy atom. The summed E-state index contributed by atoms with van der Waals surface area (Å²) in [5.74, 6) is -1.14. The van der Waals surface area contributed by atoms with Crippen molar-refractivity contribution in [2.75, 3.05) is 7.11 Å². The molecule has 0 saturated heterocycles. The number of carbonyl (C=O) groups is 1. The van der Waals surface area contributed by atoms with Crippen LogP contribution in [0.2, 0.25) is 0 Å². The van der Waals surface area contributed by atoms with Crippen molar-refractivity contribution in [3.8, 4) is 22.6 Å². The van der Waals surface area contributed by atoms with Gasteiger partial charge >= 0.3 is 0 Å². The van der Waals surface area contributed by atoms with Crippen LogP contribution in [0.3, 0.4) is 0 Å². The lowest BCUT2D eigenvalue weighted by Gasteiger charge is -2.12. The number of aromatic hydroxyl groups is 1. The summed E-state index contributed by atoms with van der Waals surface area (Å²) in [4.78, 5) is 11.4. The molecule has 2 aromatic rings. The standard InChI is InChI=1S/C14H12FNO3/c1-19-12-6-5-8(15)7-10(12)9-3-2-4-11(17)13(9)14(16)18/h2-7,17H,1H3,(H2,16,18). The Kier molecular flexibility index (Phi) is 3.37. The topological polar surface area (TPSA) is 72.6 Å². The number of phenols is 1. The van der Waals surface area contributed by atoms with Crippen molar-refractivity contribution in [2.24, 2.45) is 5.73 Å². The van der Waals surface area contributed by atoms with Crippen LogP contribution in [-0.4, -0.2) is 18.1 Å². The normalized spacial score (nSPS) is 10.2. The van der Waals surface area contributed by atoms with Crippen LogP contribution in [0.25, 0.3) is 11.1 Å². The van der Waals surface area contributed by atoms with E-state index in [4.69, 9.17) is 10.5 Å². The van der Waals surface area contributed by atoms with Gasteiger partial charge in [-0.25, -0.2) is 4.39 Å². The molecule has 0 aliphatic carbocycles. The molecule has 98 valence electrons. The molecule has 0 atom stereocenters. The lowest BCUT2D eigenvalue weighted by molar-refractivity contribution is 0.0998. The van der Waals surface area contributed by atoms with E-state index in [1.165, 1.54) is 31.4 Å². The summed E-state index contributed by atoms with van der Waals surface area (Å²) in [6.07, 6.45) is 0. The first kappa shape index (κ1) is 12.9. The fourth-order valence-corrected chi connectivity index (χ4v) is 1.91. The molecule has 0 bridgehead atoms. The molecule has 0 spiro atoms. The van der Waals surface area contributed by atoms with Gasteiger partial charge in [0.25, 0.3) is 5.91 Å². The van der Waals surface area contributed by atoms with E-state index in [-0.39, 0.29) is 11.3 Å². The number of amides is 1. The van der Waals surface area contributed by atoms with E-state index in [1.54, 1.807) is 12.1 Å². The van der Waals surface area contributed by atoms with Crippen LogP contribution in [0.15, 0.2) is 36.4 Å². The molecule has 0 fully saturated rings. The van der Waals surface area contributed by atoms with E-state index in [0.29, 0.717) is 16.9 Å². The Morgan fingerprint density at radius 1 is 1.26 bits per heavy atom. The number of ether oxygens (including phenoxy) is 1. The lowest BCUT2D eigenvalue weighted by Crippen LogP contribution is -2.12. The van der Waals surface area contributed by atoms with Crippen molar-refractivity contribution in [3.63, 3.8) is 0 Å². The highest BCUT2D eigenvalue weighted by Crippen LogP contribution is 2.35. The molecule has 4 nitrogen and oxygen atoms in total. The van der Waals surface area contributed by atoms with E-state index in [9.17, 15) is 14.3 Å². The fraction of sp³-hybridized carbons (Fsp3) is 0.0714. The molecule has 0 unspecified atom stereocenters. The molecule has 0 radical (unpaired) electrons. The highest BCUT2D eigenvalue weighted by atomic mass is 19.1. The number of hydrogen-bond donors (Lipinski definition) is 2. The monoisotopic (exact) mass is 261 g/mol. The van der Waals surface area contributed by atoms with Crippen LogP contribution in [0.4, 0.5) is 4.39 Å². The first-order chi connectivity index (χ1) is 9.04. The van der Waals surface area contributed by atoms with Crippen molar-refractivity contribution < 1.29 is 19.0 Å². The second-order valence-electron chi connectivity index (χ2n) is 3.91. The first-order valence-electron chi connectivity index (χ1n) is 5.50. The maximum absolute atomic E-state index is 13.4. The number of carbonyl (C=O) groups excluding carboxylic acids is 1. The van der Waals surface area contributed by atoms with E-state index in [2.05, 4.69) is 0 Å². The average Bonchev–Trinajstić information content (AvgIpc) is 2.37. The van der Waals surface area contributed by atoms with E-state index < -0.39 is 11.7 Å². The highest BCUT2D eigenvalue weighted by molar-refractivity contribution is 6.03. The average molecular weight is 261 g/mol. The minimum Gasteiger partial charge on any atom is -0.507 e. The lowest BCUT2D eigenvalue weighted by atomic mass is 9.97. The maximum Gasteiger partial charge on any atom is 0.253 e. The molecule has 5 heteroatoms. The Morgan fingerprint density at radius 2 is 2.00 bits per heavy atom. The van der Waals surface area contributed by atoms with Gasteiger partial charge in [0.05, 0.1) is 12.7 Å². The number of nitrogens with two attached hydrogens (primary N) is 1. The van der Waals surface area contributed by atoms with Crippen molar-refractivity contribution in [1.29, 1.82) is 0 Å². The number of halogens is 1. The third kappa shape index (κ3) is 2.35. The van der Waals surface area contributed by atoms with Crippen LogP contribution in [0.5, 0.6) is 11.5 Å². The van der Waals surface area contributed by atoms with Gasteiger partial charge in [0.15, 0.2) is 0 Å². The zero-order valence-corrected chi connectivity index (χ0v) is 10.2. The van der Waals surface area contributed by atoms with Crippen LogP contribution in [0.1, 0.15) is 10.4 Å². The molecule has 0 aromatic heterocycles. The SMILES string of the molecule is COc1ccc(F)cc1-c1cccc(O)c1C(N)=O. The van der Waals surface area contributed by atoms with E-state index in [1.807, 2.05) is 0 Å². The number of rotatable bonds is 3. The summed E-state index contributed by atoms with van der Waals surface area (Å²) in [5.41, 5.74) is 5.86. The highest BCUT2D eigenvalue weighted by Gasteiger charge is 2.17. The largest absolute Gasteiger partial charge is 0.507 e. The molecule has 19 heavy (non-hydrogen) atoms. The van der Waals surface area contributed by atoms with Crippen molar-refractivity contribution in [3.05, 3.63) is 47.8 Å². The van der Waals surface area contributed by atoms with E-state index >= 15 is 0 Å². The van der Waals surface area contributed by atoms with Gasteiger partial charge in [-0.15, -0.1) is 0 Å². The zero-order valence-electron chi connectivity index (χ0n) is 10.2. The summed E-state index contributed by atoms with van der Waals surface area (Å²) in [6.45, 7) is 0. The third-order valence-electron chi connectivity index (χ3n) is 2.74. The summed E-state index contributed by atoms with van der Waals surface area (Å²) < 4.78 is 18.5. The van der Waals surface area contributed by atoms with Crippen molar-refractivity contribution >= 4 is 5.91 Å². The Balaban J connectivity index is 2.75. The van der Waals surface area contributed by atoms with Gasteiger partial charge < -0.3 is 15.6 Å². The second-order valence-corrected chi connectivity index (χ2v) is 3.91. The molecule has 2 aromatic carbocycles. The molecule has 0 heterocycles. The summed E-state index contributed by atoms with van der Waals surface area (Å²) in [5, 5.41) is 9.72. The second kappa shape index (κ2) is 4.97. The number of methoxy groups -OCH3 is 1. The summed E-state index contributed by atoms with van der Waals surface area (Å²) >= 11 is 0. The molecule has 0 aliphatic heterocycles. The molecule has 0 aliphatic rings. The van der Waals surface area contributed by atoms with Crippen LogP contribution in [0, 0.1) is 5.82 Å². The maximum atomic E-state index is 13.4. The Bertz CT molecular complexity index is 641. The van der Waals surface area contributed by atoms with Crippen molar-refractivity contribution in [1.82, 2.24) is 0 Å². The third-order valence-corrected chi connectivity index (χ3v) is 2.74. The van der Waals surface area contributed by atoms with Gasteiger partial charge in [-0.3, -0.25) is 4.79 Å². The van der Waals surface area contributed by atoms with Crippen LogP contribution < -0.4 is 10.5 Å². The molecule has 0 saturated carbocycles. The number of primary amides is 1. The number of hydrogen-bond acceptors (Lipinski definition) is 3. The molecular formula is C14H12FNO3. The predicted octanol–water partition coefficient (Wildman–Crippen LogP) is 2.31. The molecule has 1 amide bonds.